The summed E-state index contributed by atoms with van der Waals surface area (Å²) in [5, 5.41) is 2.52. The van der Waals surface area contributed by atoms with E-state index in [9.17, 15) is 9.59 Å². The van der Waals surface area contributed by atoms with Crippen molar-refractivity contribution < 1.29 is 14.3 Å². The summed E-state index contributed by atoms with van der Waals surface area (Å²) < 4.78 is 5.10. The van der Waals surface area contributed by atoms with Crippen LogP contribution in [0.25, 0.3) is 0 Å². The van der Waals surface area contributed by atoms with E-state index in [0.29, 0.717) is 5.56 Å². The average molecular weight is 329 g/mol. The highest BCUT2D eigenvalue weighted by molar-refractivity contribution is 8.00. The van der Waals surface area contributed by atoms with Crippen molar-refractivity contribution >= 4 is 29.1 Å². The van der Waals surface area contributed by atoms with Crippen molar-refractivity contribution in [1.82, 2.24) is 0 Å². The lowest BCUT2D eigenvalue weighted by Crippen LogP contribution is -2.13. The lowest BCUT2D eigenvalue weighted by atomic mass is 10.1. The lowest BCUT2D eigenvalue weighted by molar-refractivity contribution is -0.114. The molecule has 0 aromatic heterocycles. The topological polar surface area (TPSA) is 55.4 Å². The third kappa shape index (κ3) is 4.86. The minimum atomic E-state index is -0.199. The number of methoxy groups -OCH3 is 1. The van der Waals surface area contributed by atoms with Crippen LogP contribution in [0, 0.1) is 0 Å². The number of amides is 1. The van der Waals surface area contributed by atoms with Gasteiger partial charge in [-0.2, -0.15) is 0 Å². The Hall–Kier alpha value is -2.27. The molecule has 5 heteroatoms. The molecule has 0 aliphatic heterocycles. The molecule has 0 fully saturated rings. The second-order valence-electron chi connectivity index (χ2n) is 5.06. The van der Waals surface area contributed by atoms with Crippen LogP contribution in [0.2, 0.25) is 0 Å². The Kier molecular flexibility index (Phi) is 5.82. The number of carbonyl (C=O) groups excluding carboxylic acids is 2. The first-order valence-electron chi connectivity index (χ1n) is 7.22. The molecular weight excluding hydrogens is 310 g/mol. The number of hydrogen-bond donors (Lipinski definition) is 1. The highest BCUT2D eigenvalue weighted by atomic mass is 32.2. The van der Waals surface area contributed by atoms with Crippen LogP contribution in [0.4, 0.5) is 5.69 Å². The largest absolute Gasteiger partial charge is 0.497 e. The van der Waals surface area contributed by atoms with Crippen molar-refractivity contribution in [1.29, 1.82) is 0 Å². The number of ketones is 1. The summed E-state index contributed by atoms with van der Waals surface area (Å²) in [6.45, 7) is 3.36. The van der Waals surface area contributed by atoms with Gasteiger partial charge in [0.05, 0.1) is 12.4 Å². The van der Waals surface area contributed by atoms with Crippen LogP contribution in [0.3, 0.4) is 0 Å². The van der Waals surface area contributed by atoms with Crippen LogP contribution in [0.15, 0.2) is 53.4 Å². The van der Waals surface area contributed by atoms with Crippen molar-refractivity contribution in [2.75, 3.05) is 12.4 Å². The van der Waals surface area contributed by atoms with E-state index in [0.717, 1.165) is 16.3 Å². The van der Waals surface area contributed by atoms with Gasteiger partial charge in [0, 0.05) is 23.1 Å². The quantitative estimate of drug-likeness (QED) is 0.642. The van der Waals surface area contributed by atoms with Gasteiger partial charge in [0.1, 0.15) is 5.75 Å². The molecule has 1 atom stereocenters. The molecule has 1 N–H and O–H groups in total. The molecule has 0 heterocycles. The number of rotatable bonds is 6. The van der Waals surface area contributed by atoms with Crippen molar-refractivity contribution in [3.63, 3.8) is 0 Å². The predicted molar refractivity (Wildman–Crippen MR) is 93.4 cm³/mol. The summed E-state index contributed by atoms with van der Waals surface area (Å²) in [6.07, 6.45) is 0. The molecule has 0 saturated carbocycles. The molecule has 0 saturated heterocycles. The van der Waals surface area contributed by atoms with Crippen LogP contribution in [-0.4, -0.2) is 24.1 Å². The number of anilines is 1. The predicted octanol–water partition coefficient (Wildman–Crippen LogP) is 4.02. The summed E-state index contributed by atoms with van der Waals surface area (Å²) in [5.74, 6) is 0.701. The number of thioether (sulfide) groups is 1. The summed E-state index contributed by atoms with van der Waals surface area (Å²) in [5.41, 5.74) is 1.41. The van der Waals surface area contributed by atoms with Crippen molar-refractivity contribution in [3.8, 4) is 5.75 Å². The van der Waals surface area contributed by atoms with Gasteiger partial charge in [0.25, 0.3) is 0 Å². The third-order valence-electron chi connectivity index (χ3n) is 3.23. The Bertz CT molecular complexity index is 680. The van der Waals surface area contributed by atoms with Crippen LogP contribution >= 0.6 is 11.8 Å². The van der Waals surface area contributed by atoms with Crippen LogP contribution in [0.1, 0.15) is 24.2 Å². The third-order valence-corrected chi connectivity index (χ3v) is 4.34. The fourth-order valence-electron chi connectivity index (χ4n) is 2.07. The highest BCUT2D eigenvalue weighted by Gasteiger charge is 2.16. The summed E-state index contributed by atoms with van der Waals surface area (Å²) >= 11 is 1.49. The molecule has 2 rings (SSSR count). The zero-order valence-electron chi connectivity index (χ0n) is 13.3. The SMILES string of the molecule is COc1ccc(C(=O)C(C)Sc2ccc(NC(C)=O)cc2)cc1. The Balaban J connectivity index is 2.01. The maximum atomic E-state index is 12.4. The number of ether oxygens (including phenoxy) is 1. The highest BCUT2D eigenvalue weighted by Crippen LogP contribution is 2.27. The minimum absolute atomic E-state index is 0.0728. The Morgan fingerprint density at radius 3 is 2.17 bits per heavy atom. The van der Waals surface area contributed by atoms with Gasteiger partial charge < -0.3 is 10.1 Å². The van der Waals surface area contributed by atoms with Crippen molar-refractivity contribution in [2.45, 2.75) is 24.0 Å². The zero-order valence-corrected chi connectivity index (χ0v) is 14.1. The van der Waals surface area contributed by atoms with Crippen LogP contribution < -0.4 is 10.1 Å². The van der Waals surface area contributed by atoms with E-state index in [1.54, 1.807) is 31.4 Å². The Morgan fingerprint density at radius 1 is 1.04 bits per heavy atom. The fourth-order valence-corrected chi connectivity index (χ4v) is 3.01. The number of nitrogens with one attached hydrogen (secondary N) is 1. The fraction of sp³-hybridized carbons (Fsp3) is 0.222. The second-order valence-corrected chi connectivity index (χ2v) is 6.47. The number of benzene rings is 2. The van der Waals surface area contributed by atoms with E-state index in [1.807, 2.05) is 31.2 Å². The van der Waals surface area contributed by atoms with Gasteiger partial charge in [-0.3, -0.25) is 9.59 Å². The molecule has 4 nitrogen and oxygen atoms in total. The van der Waals surface area contributed by atoms with E-state index < -0.39 is 0 Å². The summed E-state index contributed by atoms with van der Waals surface area (Å²) in [4.78, 5) is 24.4. The van der Waals surface area contributed by atoms with Gasteiger partial charge in [-0.15, -0.1) is 11.8 Å². The minimum Gasteiger partial charge on any atom is -0.497 e. The normalized spacial score (nSPS) is 11.6. The van der Waals surface area contributed by atoms with Gasteiger partial charge in [-0.05, 0) is 55.5 Å². The smallest absolute Gasteiger partial charge is 0.221 e. The molecule has 0 radical (unpaired) electrons. The number of hydrogen-bond acceptors (Lipinski definition) is 4. The second kappa shape index (κ2) is 7.83. The van der Waals surface area contributed by atoms with Gasteiger partial charge in [-0.25, -0.2) is 0 Å². The summed E-state index contributed by atoms with van der Waals surface area (Å²) in [6, 6.07) is 14.6. The van der Waals surface area contributed by atoms with Crippen molar-refractivity contribution in [2.24, 2.45) is 0 Å². The Morgan fingerprint density at radius 2 is 1.65 bits per heavy atom. The maximum absolute atomic E-state index is 12.4. The molecule has 0 spiro atoms. The molecule has 23 heavy (non-hydrogen) atoms. The average Bonchev–Trinajstić information content (AvgIpc) is 2.55. The molecule has 120 valence electrons. The molecule has 0 aliphatic carbocycles. The Labute approximate surface area is 140 Å². The first-order valence-corrected chi connectivity index (χ1v) is 8.10. The standard InChI is InChI=1S/C18H19NO3S/c1-12(18(21)14-4-8-16(22-3)9-5-14)23-17-10-6-15(7-11-17)19-13(2)20/h4-12H,1-3H3,(H,19,20). The molecule has 0 aliphatic rings. The molecule has 2 aromatic carbocycles. The number of Topliss-reactive ketones (excluding diaryl/α,β-unsaturated/α-hetero) is 1. The van der Waals surface area contributed by atoms with E-state index >= 15 is 0 Å². The van der Waals surface area contributed by atoms with Gasteiger partial charge in [-0.1, -0.05) is 0 Å². The maximum Gasteiger partial charge on any atom is 0.221 e. The molecule has 0 bridgehead atoms. The van der Waals surface area contributed by atoms with Gasteiger partial charge in [0.15, 0.2) is 5.78 Å². The molecule has 1 amide bonds. The monoisotopic (exact) mass is 329 g/mol. The first kappa shape index (κ1) is 17.1. The molecule has 2 aromatic rings. The van der Waals surface area contributed by atoms with Crippen molar-refractivity contribution in [3.05, 3.63) is 54.1 Å². The first-order chi connectivity index (χ1) is 11.0. The zero-order chi connectivity index (χ0) is 16.8. The molecule has 1 unspecified atom stereocenters. The summed E-state index contributed by atoms with van der Waals surface area (Å²) in [7, 11) is 1.60. The van der Waals surface area contributed by atoms with Crippen LogP contribution in [-0.2, 0) is 4.79 Å². The van der Waals surface area contributed by atoms with E-state index in [1.165, 1.54) is 18.7 Å². The number of carbonyl (C=O) groups is 2. The van der Waals surface area contributed by atoms with Gasteiger partial charge >= 0.3 is 0 Å². The van der Waals surface area contributed by atoms with E-state index in [-0.39, 0.29) is 16.9 Å². The van der Waals surface area contributed by atoms with Crippen LogP contribution in [0.5, 0.6) is 5.75 Å². The van der Waals surface area contributed by atoms with E-state index in [2.05, 4.69) is 5.32 Å². The molecular formula is C18H19NO3S. The van der Waals surface area contributed by atoms with E-state index in [4.69, 9.17) is 4.74 Å². The lowest BCUT2D eigenvalue weighted by Gasteiger charge is -2.11. The van der Waals surface area contributed by atoms with Gasteiger partial charge in [0.2, 0.25) is 5.91 Å².